The number of benzene rings is 3. The smallest absolute Gasteiger partial charge is 0.255 e. The summed E-state index contributed by atoms with van der Waals surface area (Å²) in [4.78, 5) is 27.8. The van der Waals surface area contributed by atoms with Crippen LogP contribution in [0.4, 0.5) is 11.4 Å². The minimum Gasteiger partial charge on any atom is -0.495 e. The molecule has 182 valence electrons. The largest absolute Gasteiger partial charge is 0.495 e. The fourth-order valence-corrected chi connectivity index (χ4v) is 5.17. The normalized spacial score (nSPS) is 15.2. The van der Waals surface area contributed by atoms with Gasteiger partial charge in [-0.15, -0.1) is 11.8 Å². The van der Waals surface area contributed by atoms with E-state index in [-0.39, 0.29) is 17.2 Å². The van der Waals surface area contributed by atoms with E-state index in [9.17, 15) is 9.59 Å². The molecule has 3 aromatic carbocycles. The van der Waals surface area contributed by atoms with Crippen LogP contribution in [0.25, 0.3) is 0 Å². The molecule has 1 atom stereocenters. The Hall–Kier alpha value is -3.45. The van der Waals surface area contributed by atoms with Crippen molar-refractivity contribution in [2.45, 2.75) is 32.1 Å². The molecule has 0 spiro atoms. The molecule has 6 nitrogen and oxygen atoms in total. The first-order valence-electron chi connectivity index (χ1n) is 11.7. The van der Waals surface area contributed by atoms with E-state index in [1.807, 2.05) is 61.5 Å². The zero-order valence-electron chi connectivity index (χ0n) is 20.2. The van der Waals surface area contributed by atoms with Crippen molar-refractivity contribution in [3.05, 3.63) is 83.4 Å². The first kappa shape index (κ1) is 24.7. The number of amides is 2. The van der Waals surface area contributed by atoms with E-state index in [0.717, 1.165) is 35.4 Å². The molecule has 3 aromatic rings. The van der Waals surface area contributed by atoms with Crippen LogP contribution in [-0.4, -0.2) is 31.3 Å². The highest BCUT2D eigenvalue weighted by atomic mass is 32.2. The van der Waals surface area contributed by atoms with Crippen molar-refractivity contribution >= 4 is 35.0 Å². The summed E-state index contributed by atoms with van der Waals surface area (Å²) in [5.74, 6) is 1.53. The highest BCUT2D eigenvalue weighted by Crippen LogP contribution is 2.47. The average molecular weight is 491 g/mol. The number of anilines is 2. The van der Waals surface area contributed by atoms with E-state index in [2.05, 4.69) is 12.2 Å². The maximum absolute atomic E-state index is 13.1. The molecule has 0 bridgehead atoms. The van der Waals surface area contributed by atoms with E-state index in [0.29, 0.717) is 29.4 Å². The summed E-state index contributed by atoms with van der Waals surface area (Å²) in [7, 11) is 1.60. The van der Waals surface area contributed by atoms with Crippen LogP contribution in [0.3, 0.4) is 0 Å². The van der Waals surface area contributed by atoms with Gasteiger partial charge in [-0.3, -0.25) is 14.5 Å². The maximum atomic E-state index is 13.1. The predicted molar refractivity (Wildman–Crippen MR) is 142 cm³/mol. The molecule has 1 fully saturated rings. The third kappa shape index (κ3) is 5.62. The fraction of sp³-hybridized carbons (Fsp3) is 0.286. The lowest BCUT2D eigenvalue weighted by Crippen LogP contribution is -2.29. The van der Waals surface area contributed by atoms with Crippen LogP contribution >= 0.6 is 11.8 Å². The Labute approximate surface area is 210 Å². The van der Waals surface area contributed by atoms with Gasteiger partial charge in [0.2, 0.25) is 5.91 Å². The van der Waals surface area contributed by atoms with Crippen LogP contribution in [0.1, 0.15) is 46.6 Å². The van der Waals surface area contributed by atoms with Crippen molar-refractivity contribution in [2.75, 3.05) is 29.7 Å². The Morgan fingerprint density at radius 1 is 1.11 bits per heavy atom. The molecule has 0 aliphatic carbocycles. The fourth-order valence-electron chi connectivity index (χ4n) is 3.96. The van der Waals surface area contributed by atoms with Crippen LogP contribution < -0.4 is 19.7 Å². The second-order valence-corrected chi connectivity index (χ2v) is 9.44. The molecular formula is C28H30N2O4S. The maximum Gasteiger partial charge on any atom is 0.255 e. The summed E-state index contributed by atoms with van der Waals surface area (Å²) in [6.45, 7) is 4.76. The van der Waals surface area contributed by atoms with Gasteiger partial charge in [-0.25, -0.2) is 0 Å². The van der Waals surface area contributed by atoms with Crippen LogP contribution in [0.2, 0.25) is 0 Å². The minimum absolute atomic E-state index is 0.00342. The lowest BCUT2D eigenvalue weighted by atomic mass is 10.1. The van der Waals surface area contributed by atoms with E-state index < -0.39 is 0 Å². The van der Waals surface area contributed by atoms with E-state index >= 15 is 0 Å². The van der Waals surface area contributed by atoms with Gasteiger partial charge in [-0.1, -0.05) is 37.6 Å². The molecule has 1 aliphatic rings. The molecule has 1 heterocycles. The first-order valence-corrected chi connectivity index (χ1v) is 12.8. The van der Waals surface area contributed by atoms with Crippen LogP contribution in [0.15, 0.2) is 66.7 Å². The van der Waals surface area contributed by atoms with Crippen molar-refractivity contribution in [1.29, 1.82) is 0 Å². The number of carbonyl (C=O) groups excluding carboxylic acids is 2. The van der Waals surface area contributed by atoms with Crippen molar-refractivity contribution in [3.63, 3.8) is 0 Å². The molecule has 35 heavy (non-hydrogen) atoms. The molecular weight excluding hydrogens is 460 g/mol. The molecule has 2 amide bonds. The summed E-state index contributed by atoms with van der Waals surface area (Å²) in [5.41, 5.74) is 3.83. The topological polar surface area (TPSA) is 67.9 Å². The third-order valence-corrected chi connectivity index (χ3v) is 7.01. The average Bonchev–Trinajstić information content (AvgIpc) is 3.25. The molecule has 4 rings (SSSR count). The molecule has 1 aliphatic heterocycles. The number of nitrogens with one attached hydrogen (secondary N) is 1. The molecule has 1 N–H and O–H groups in total. The minimum atomic E-state index is -0.288. The molecule has 0 aromatic heterocycles. The number of hydrogen-bond donors (Lipinski definition) is 1. The highest BCUT2D eigenvalue weighted by molar-refractivity contribution is 8.00. The van der Waals surface area contributed by atoms with Crippen LogP contribution in [-0.2, 0) is 4.79 Å². The molecule has 7 heteroatoms. The van der Waals surface area contributed by atoms with Gasteiger partial charge in [0.05, 0.1) is 25.2 Å². The lowest BCUT2D eigenvalue weighted by Gasteiger charge is -2.27. The second kappa shape index (κ2) is 11.3. The Morgan fingerprint density at radius 3 is 2.63 bits per heavy atom. The van der Waals surface area contributed by atoms with Gasteiger partial charge >= 0.3 is 0 Å². The van der Waals surface area contributed by atoms with Crippen molar-refractivity contribution < 1.29 is 19.1 Å². The molecule has 0 unspecified atom stereocenters. The number of aryl methyl sites for hydroxylation is 1. The Morgan fingerprint density at radius 2 is 1.89 bits per heavy atom. The lowest BCUT2D eigenvalue weighted by molar-refractivity contribution is -0.115. The van der Waals surface area contributed by atoms with E-state index in [1.165, 1.54) is 11.8 Å². The monoisotopic (exact) mass is 490 g/mol. The predicted octanol–water partition coefficient (Wildman–Crippen LogP) is 6.21. The van der Waals surface area contributed by atoms with Gasteiger partial charge < -0.3 is 14.8 Å². The van der Waals surface area contributed by atoms with E-state index in [1.54, 1.807) is 24.1 Å². The standard InChI is InChI=1S/C28H30N2O4S/c1-4-5-16-34-21-13-11-20(12-14-21)27(32)29-23-9-7-6-8-22(23)28-30(26(31)18-35-28)24-17-19(2)10-15-25(24)33-3/h6-15,17,28H,4-5,16,18H2,1-3H3,(H,29,32)/t28-/m1/s1. The summed E-state index contributed by atoms with van der Waals surface area (Å²) in [6, 6.07) is 20.6. The summed E-state index contributed by atoms with van der Waals surface area (Å²) >= 11 is 1.53. The van der Waals surface area contributed by atoms with E-state index in [4.69, 9.17) is 9.47 Å². The molecule has 0 radical (unpaired) electrons. The van der Waals surface area contributed by atoms with Gasteiger partial charge in [0.25, 0.3) is 5.91 Å². The number of carbonyl (C=O) groups is 2. The van der Waals surface area contributed by atoms with Crippen molar-refractivity contribution in [2.24, 2.45) is 0 Å². The van der Waals surface area contributed by atoms with Gasteiger partial charge in [0.1, 0.15) is 16.9 Å². The van der Waals surface area contributed by atoms with Crippen molar-refractivity contribution in [3.8, 4) is 11.5 Å². The number of methoxy groups -OCH3 is 1. The number of unbranched alkanes of at least 4 members (excludes halogenated alkanes) is 1. The van der Waals surface area contributed by atoms with Gasteiger partial charge in [-0.05, 0) is 61.4 Å². The Balaban J connectivity index is 1.58. The highest BCUT2D eigenvalue weighted by Gasteiger charge is 2.37. The number of para-hydroxylation sites is 1. The number of thioether (sulfide) groups is 1. The number of rotatable bonds is 9. The van der Waals surface area contributed by atoms with Crippen LogP contribution in [0.5, 0.6) is 11.5 Å². The zero-order chi connectivity index (χ0) is 24.8. The first-order chi connectivity index (χ1) is 17.0. The number of ether oxygens (including phenoxy) is 2. The number of nitrogens with zero attached hydrogens (tertiary/aromatic N) is 1. The molecule has 1 saturated heterocycles. The SMILES string of the molecule is CCCCOc1ccc(C(=O)Nc2ccccc2[C@H]2SCC(=O)N2c2cc(C)ccc2OC)cc1. The van der Waals surface area contributed by atoms with Gasteiger partial charge in [0.15, 0.2) is 0 Å². The zero-order valence-corrected chi connectivity index (χ0v) is 21.1. The summed E-state index contributed by atoms with van der Waals surface area (Å²) < 4.78 is 11.3. The summed E-state index contributed by atoms with van der Waals surface area (Å²) in [5, 5.41) is 2.75. The third-order valence-electron chi connectivity index (χ3n) is 5.82. The number of hydrogen-bond acceptors (Lipinski definition) is 5. The Bertz CT molecular complexity index is 1200. The van der Waals surface area contributed by atoms with Crippen molar-refractivity contribution in [1.82, 2.24) is 0 Å². The van der Waals surface area contributed by atoms with Crippen LogP contribution in [0, 0.1) is 6.92 Å². The van der Waals surface area contributed by atoms with Gasteiger partial charge in [-0.2, -0.15) is 0 Å². The second-order valence-electron chi connectivity index (χ2n) is 8.37. The molecule has 0 saturated carbocycles. The summed E-state index contributed by atoms with van der Waals surface area (Å²) in [6.07, 6.45) is 2.06. The quantitative estimate of drug-likeness (QED) is 0.361. The Kier molecular flexibility index (Phi) is 7.98. The van der Waals surface area contributed by atoms with Gasteiger partial charge in [0, 0.05) is 16.8 Å².